The number of carbonyl (C=O) groups excluding carboxylic acids is 2. The third kappa shape index (κ3) is 4.28. The number of benzene rings is 2. The Hall–Kier alpha value is -4.40. The number of carbonyl (C=O) groups is 2. The molecule has 2 aromatic carbocycles. The molecule has 0 aliphatic carbocycles. The maximum absolute atomic E-state index is 13.2. The minimum Gasteiger partial charge on any atom is -0.507 e. The van der Waals surface area contributed by atoms with Crippen molar-refractivity contribution in [1.29, 1.82) is 0 Å². The van der Waals surface area contributed by atoms with Gasteiger partial charge in [0.15, 0.2) is 11.5 Å². The lowest BCUT2D eigenvalue weighted by Gasteiger charge is -2.26. The number of hydrogen-bond donors (Lipinski definition) is 1. The van der Waals surface area contributed by atoms with Gasteiger partial charge in [0, 0.05) is 5.56 Å². The van der Waals surface area contributed by atoms with Crippen LogP contribution >= 0.6 is 0 Å². The highest BCUT2D eigenvalue weighted by molar-refractivity contribution is 6.46. The minimum atomic E-state index is -0.948. The summed E-state index contributed by atoms with van der Waals surface area (Å²) < 4.78 is 27.0. The maximum Gasteiger partial charge on any atom is 0.296 e. The second kappa shape index (κ2) is 9.84. The van der Waals surface area contributed by atoms with Gasteiger partial charge in [0.05, 0.1) is 52.9 Å². The molecule has 0 saturated carbocycles. The van der Waals surface area contributed by atoms with E-state index in [0.717, 1.165) is 0 Å². The number of Topliss-reactive ketones (excluding diaryl/α,β-unsaturated/α-hetero) is 1. The van der Waals surface area contributed by atoms with Gasteiger partial charge in [-0.05, 0) is 54.1 Å². The van der Waals surface area contributed by atoms with Crippen molar-refractivity contribution in [2.75, 3.05) is 28.4 Å². The second-order valence-corrected chi connectivity index (χ2v) is 7.69. The van der Waals surface area contributed by atoms with Crippen molar-refractivity contribution in [3.05, 3.63) is 77.3 Å². The smallest absolute Gasteiger partial charge is 0.296 e. The van der Waals surface area contributed by atoms with Gasteiger partial charge >= 0.3 is 0 Å². The molecule has 1 amide bonds. The number of likely N-dealkylation sites (tertiary alicyclic amines) is 1. The number of nitrogens with zero attached hydrogens (tertiary/aromatic N) is 1. The first-order valence-electron chi connectivity index (χ1n) is 10.7. The summed E-state index contributed by atoms with van der Waals surface area (Å²) in [7, 11) is 5.95. The molecule has 4 rings (SSSR count). The van der Waals surface area contributed by atoms with Crippen LogP contribution in [0.3, 0.4) is 0 Å². The molecule has 1 aromatic heterocycles. The summed E-state index contributed by atoms with van der Waals surface area (Å²) in [6.45, 7) is 0.0122. The Balaban J connectivity index is 1.92. The molecule has 1 N–H and O–H groups in total. The van der Waals surface area contributed by atoms with Gasteiger partial charge in [-0.2, -0.15) is 0 Å². The highest BCUT2D eigenvalue weighted by atomic mass is 16.5. The number of amides is 1. The number of ketones is 1. The van der Waals surface area contributed by atoms with E-state index in [1.165, 1.54) is 39.6 Å². The Morgan fingerprint density at radius 2 is 1.60 bits per heavy atom. The zero-order chi connectivity index (χ0) is 25.1. The second-order valence-electron chi connectivity index (χ2n) is 7.69. The van der Waals surface area contributed by atoms with Gasteiger partial charge in [0.1, 0.15) is 17.3 Å². The number of aliphatic hydroxyl groups is 1. The summed E-state index contributed by atoms with van der Waals surface area (Å²) in [5.74, 6) is 0.210. The summed E-state index contributed by atoms with van der Waals surface area (Å²) in [6.07, 6.45) is 1.48. The molecule has 9 nitrogen and oxygen atoms in total. The van der Waals surface area contributed by atoms with Crippen LogP contribution < -0.4 is 18.9 Å². The molecule has 0 spiro atoms. The highest BCUT2D eigenvalue weighted by Gasteiger charge is 2.47. The Morgan fingerprint density at radius 3 is 2.11 bits per heavy atom. The Kier molecular flexibility index (Phi) is 6.68. The SMILES string of the molecule is COc1ccc(C(O)=C2C(=O)C(=O)N(Cc3ccco3)[C@H]2c2cc(OC)c(OC)c(OC)c2)cc1. The lowest BCUT2D eigenvalue weighted by molar-refractivity contribution is -0.140. The average Bonchev–Trinajstić information content (AvgIpc) is 3.49. The number of furan rings is 1. The van der Waals surface area contributed by atoms with Crippen molar-refractivity contribution in [1.82, 2.24) is 4.90 Å². The fourth-order valence-corrected chi connectivity index (χ4v) is 4.12. The van der Waals surface area contributed by atoms with E-state index in [-0.39, 0.29) is 17.9 Å². The first-order chi connectivity index (χ1) is 16.9. The molecule has 0 bridgehead atoms. The topological polar surface area (TPSA) is 108 Å². The van der Waals surface area contributed by atoms with Crippen molar-refractivity contribution < 1.29 is 38.1 Å². The van der Waals surface area contributed by atoms with Crippen LogP contribution in [0.2, 0.25) is 0 Å². The van der Waals surface area contributed by atoms with Crippen LogP contribution in [0.25, 0.3) is 5.76 Å². The van der Waals surface area contributed by atoms with Crippen LogP contribution in [0, 0.1) is 0 Å². The molecular formula is C26H25NO8. The molecular weight excluding hydrogens is 454 g/mol. The number of aliphatic hydroxyl groups excluding tert-OH is 1. The zero-order valence-corrected chi connectivity index (χ0v) is 19.7. The zero-order valence-electron chi connectivity index (χ0n) is 19.7. The third-order valence-electron chi connectivity index (χ3n) is 5.81. The molecule has 1 atom stereocenters. The van der Waals surface area contributed by atoms with Crippen LogP contribution in [0.5, 0.6) is 23.0 Å². The van der Waals surface area contributed by atoms with Crippen molar-refractivity contribution in [3.8, 4) is 23.0 Å². The lowest BCUT2D eigenvalue weighted by Crippen LogP contribution is -2.29. The van der Waals surface area contributed by atoms with E-state index in [1.807, 2.05) is 0 Å². The average molecular weight is 479 g/mol. The normalized spacial score (nSPS) is 16.9. The standard InChI is InChI=1S/C26H25NO8/c1-31-17-9-7-15(8-10-17)23(28)21-22(16-12-19(32-2)25(34-4)20(13-16)33-3)27(26(30)24(21)29)14-18-6-5-11-35-18/h5-13,22,28H,14H2,1-4H3/t22-/m0/s1. The predicted molar refractivity (Wildman–Crippen MR) is 126 cm³/mol. The third-order valence-corrected chi connectivity index (χ3v) is 5.81. The predicted octanol–water partition coefficient (Wildman–Crippen LogP) is 3.94. The molecule has 9 heteroatoms. The first-order valence-corrected chi connectivity index (χ1v) is 10.7. The molecule has 2 heterocycles. The van der Waals surface area contributed by atoms with Gasteiger partial charge < -0.3 is 33.4 Å². The number of ether oxygens (including phenoxy) is 4. The van der Waals surface area contributed by atoms with E-state index < -0.39 is 17.7 Å². The van der Waals surface area contributed by atoms with Crippen molar-refractivity contribution >= 4 is 17.4 Å². The quantitative estimate of drug-likeness (QED) is 0.294. The van der Waals surface area contributed by atoms with Gasteiger partial charge in [-0.15, -0.1) is 0 Å². The molecule has 0 radical (unpaired) electrons. The minimum absolute atomic E-state index is 0.0122. The molecule has 1 aliphatic rings. The van der Waals surface area contributed by atoms with Crippen LogP contribution in [-0.2, 0) is 16.1 Å². The van der Waals surface area contributed by atoms with Crippen LogP contribution in [-0.4, -0.2) is 50.1 Å². The molecule has 0 unspecified atom stereocenters. The fraction of sp³-hybridized carbons (Fsp3) is 0.231. The van der Waals surface area contributed by atoms with Crippen molar-refractivity contribution in [3.63, 3.8) is 0 Å². The Bertz CT molecular complexity index is 1240. The molecule has 182 valence electrons. The summed E-state index contributed by atoms with van der Waals surface area (Å²) in [5.41, 5.74) is 0.778. The molecule has 35 heavy (non-hydrogen) atoms. The monoisotopic (exact) mass is 479 g/mol. The van der Waals surface area contributed by atoms with Gasteiger partial charge in [0.2, 0.25) is 5.75 Å². The number of rotatable bonds is 8. The molecule has 1 saturated heterocycles. The van der Waals surface area contributed by atoms with Crippen molar-refractivity contribution in [2.24, 2.45) is 0 Å². The summed E-state index contributed by atoms with van der Waals surface area (Å²) in [5, 5.41) is 11.2. The molecule has 3 aromatic rings. The first kappa shape index (κ1) is 23.7. The Morgan fingerprint density at radius 1 is 0.943 bits per heavy atom. The summed E-state index contributed by atoms with van der Waals surface area (Å²) in [6, 6.07) is 12.3. The van der Waals surface area contributed by atoms with E-state index in [1.54, 1.807) is 48.5 Å². The van der Waals surface area contributed by atoms with E-state index in [9.17, 15) is 14.7 Å². The van der Waals surface area contributed by atoms with Crippen molar-refractivity contribution in [2.45, 2.75) is 12.6 Å². The van der Waals surface area contributed by atoms with E-state index in [4.69, 9.17) is 23.4 Å². The maximum atomic E-state index is 13.2. The van der Waals surface area contributed by atoms with E-state index in [2.05, 4.69) is 0 Å². The lowest BCUT2D eigenvalue weighted by atomic mass is 9.94. The summed E-state index contributed by atoms with van der Waals surface area (Å²) >= 11 is 0. The van der Waals surface area contributed by atoms with Gasteiger partial charge in [-0.25, -0.2) is 0 Å². The van der Waals surface area contributed by atoms with Gasteiger partial charge in [-0.3, -0.25) is 9.59 Å². The van der Waals surface area contributed by atoms with Crippen LogP contribution in [0.1, 0.15) is 22.9 Å². The largest absolute Gasteiger partial charge is 0.507 e. The Labute approximate surface area is 202 Å². The summed E-state index contributed by atoms with van der Waals surface area (Å²) in [4.78, 5) is 27.8. The number of methoxy groups -OCH3 is 4. The fourth-order valence-electron chi connectivity index (χ4n) is 4.12. The van der Waals surface area contributed by atoms with Crippen LogP contribution in [0.15, 0.2) is 64.8 Å². The van der Waals surface area contributed by atoms with Gasteiger partial charge in [-0.1, -0.05) is 0 Å². The molecule has 1 aliphatic heterocycles. The highest BCUT2D eigenvalue weighted by Crippen LogP contribution is 2.46. The number of hydrogen-bond acceptors (Lipinski definition) is 8. The van der Waals surface area contributed by atoms with Crippen LogP contribution in [0.4, 0.5) is 0 Å². The molecule has 1 fully saturated rings. The van der Waals surface area contributed by atoms with E-state index >= 15 is 0 Å². The van der Waals surface area contributed by atoms with E-state index in [0.29, 0.717) is 39.9 Å². The van der Waals surface area contributed by atoms with Gasteiger partial charge in [0.25, 0.3) is 11.7 Å².